The van der Waals surface area contributed by atoms with Crippen LogP contribution >= 0.6 is 11.2 Å². The van der Waals surface area contributed by atoms with Crippen molar-refractivity contribution in [2.24, 2.45) is 0 Å². The van der Waals surface area contributed by atoms with Crippen LogP contribution in [0.2, 0.25) is 0 Å². The Labute approximate surface area is 84.3 Å². The molecule has 80 valence electrons. The Morgan fingerprint density at radius 3 is 2.07 bits per heavy atom. The minimum atomic E-state index is -5.04. The molecule has 0 saturated heterocycles. The molecule has 0 heterocycles. The number of benzene rings is 1. The molecule has 14 heavy (non-hydrogen) atoms. The van der Waals surface area contributed by atoms with Gasteiger partial charge in [-0.25, -0.2) is 0 Å². The first-order valence-corrected chi connectivity index (χ1v) is 5.88. The molecule has 1 aromatic rings. The fourth-order valence-corrected chi connectivity index (χ4v) is 1.64. The number of hydrogen-bond donors (Lipinski definition) is 0. The molecule has 0 aliphatic heterocycles. The summed E-state index contributed by atoms with van der Waals surface area (Å²) in [6.07, 6.45) is 2.95. The van der Waals surface area contributed by atoms with E-state index in [1.165, 1.54) is 12.1 Å². The number of aryl methyl sites for hydroxylation is 1. The fourth-order valence-electron chi connectivity index (χ4n) is 1.19. The molecule has 0 N–H and O–H groups in total. The lowest BCUT2D eigenvalue weighted by atomic mass is 10.1. The van der Waals surface area contributed by atoms with E-state index < -0.39 is 16.1 Å². The van der Waals surface area contributed by atoms with Crippen molar-refractivity contribution in [3.8, 4) is 0 Å². The molecule has 4 heteroatoms. The fraction of sp³-hybridized carbons (Fsp3) is 0.400. The second-order valence-corrected chi connectivity index (χ2v) is 4.44. The normalized spacial score (nSPS) is 12.9. The van der Waals surface area contributed by atoms with Gasteiger partial charge in [-0.05, 0) is 30.5 Å². The quantitative estimate of drug-likeness (QED) is 0.683. The molecule has 0 aliphatic carbocycles. The van der Waals surface area contributed by atoms with E-state index in [1.807, 2.05) is 0 Å². The van der Waals surface area contributed by atoms with E-state index >= 15 is 0 Å². The monoisotopic (exact) mass is 222 g/mol. The maximum Gasteiger partial charge on any atom is 0.237 e. The summed E-state index contributed by atoms with van der Waals surface area (Å²) in [5, 5.41) is 0. The molecule has 1 aromatic carbocycles. The van der Waals surface area contributed by atoms with Crippen LogP contribution in [0.4, 0.5) is 11.7 Å². The van der Waals surface area contributed by atoms with Crippen molar-refractivity contribution in [3.05, 3.63) is 29.8 Å². The Kier molecular flexibility index (Phi) is 3.86. The lowest BCUT2D eigenvalue weighted by Gasteiger charge is -2.10. The molecule has 0 amide bonds. The van der Waals surface area contributed by atoms with E-state index in [9.17, 15) is 11.7 Å². The highest BCUT2D eigenvalue weighted by Gasteiger charge is 2.23. The van der Waals surface area contributed by atoms with Gasteiger partial charge < -0.3 is 0 Å². The van der Waals surface area contributed by atoms with Crippen molar-refractivity contribution >= 4 is 11.2 Å². The van der Waals surface area contributed by atoms with Crippen LogP contribution in [0.5, 0.6) is 0 Å². The van der Waals surface area contributed by atoms with Gasteiger partial charge in [-0.1, -0.05) is 25.5 Å². The Bertz CT molecular complexity index is 276. The molecule has 0 spiro atoms. The molecule has 1 rings (SSSR count). The summed E-state index contributed by atoms with van der Waals surface area (Å²) in [7, 11) is 0. The zero-order valence-corrected chi connectivity index (χ0v) is 8.79. The highest BCUT2D eigenvalue weighted by Crippen LogP contribution is 2.60. The van der Waals surface area contributed by atoms with Crippen molar-refractivity contribution in [2.45, 2.75) is 31.1 Å². The predicted octanol–water partition coefficient (Wildman–Crippen LogP) is 4.85. The first-order chi connectivity index (χ1) is 6.54. The van der Waals surface area contributed by atoms with Crippen molar-refractivity contribution in [3.63, 3.8) is 0 Å². The highest BCUT2D eigenvalue weighted by atomic mass is 32.3. The van der Waals surface area contributed by atoms with Gasteiger partial charge >= 0.3 is 0 Å². The maximum atomic E-state index is 12.3. The topological polar surface area (TPSA) is 0 Å². The summed E-state index contributed by atoms with van der Waals surface area (Å²) >= 11 is -5.04. The van der Waals surface area contributed by atoms with Crippen LogP contribution in [0.3, 0.4) is 0 Å². The van der Waals surface area contributed by atoms with Gasteiger partial charge in [-0.2, -0.15) is 0 Å². The van der Waals surface area contributed by atoms with Gasteiger partial charge in [0.2, 0.25) is 11.2 Å². The molecular weight excluding hydrogens is 209 g/mol. The van der Waals surface area contributed by atoms with E-state index in [-0.39, 0.29) is 0 Å². The van der Waals surface area contributed by atoms with Gasteiger partial charge in [0.1, 0.15) is 0 Å². The molecule has 0 saturated carbocycles. The summed E-state index contributed by atoms with van der Waals surface area (Å²) in [4.78, 5) is -0.488. The van der Waals surface area contributed by atoms with Gasteiger partial charge in [0.25, 0.3) is 0 Å². The third-order valence-corrected chi connectivity index (χ3v) is 2.82. The Balaban J connectivity index is 2.69. The number of hydrogen-bond acceptors (Lipinski definition) is 0. The minimum Gasteiger partial charge on any atom is -0.120 e. The lowest BCUT2D eigenvalue weighted by Crippen LogP contribution is -1.85. The number of halogens is 3. The van der Waals surface area contributed by atoms with Crippen LogP contribution in [0, 0.1) is 0 Å². The molecule has 0 radical (unpaired) electrons. The van der Waals surface area contributed by atoms with Crippen molar-refractivity contribution < 1.29 is 11.7 Å². The van der Waals surface area contributed by atoms with Crippen LogP contribution < -0.4 is 0 Å². The molecule has 0 aliphatic rings. The van der Waals surface area contributed by atoms with E-state index in [0.717, 1.165) is 24.8 Å². The summed E-state index contributed by atoms with van der Waals surface area (Å²) in [5.74, 6) is 0. The van der Waals surface area contributed by atoms with E-state index in [2.05, 4.69) is 6.92 Å². The van der Waals surface area contributed by atoms with Gasteiger partial charge in [-0.3, -0.25) is 0 Å². The second kappa shape index (κ2) is 4.73. The van der Waals surface area contributed by atoms with Crippen LogP contribution in [0.1, 0.15) is 25.3 Å². The second-order valence-electron chi connectivity index (χ2n) is 3.15. The van der Waals surface area contributed by atoms with Crippen LogP contribution in [0.25, 0.3) is 0 Å². The van der Waals surface area contributed by atoms with Gasteiger partial charge in [0, 0.05) is 0 Å². The number of rotatable bonds is 4. The van der Waals surface area contributed by atoms with E-state index in [4.69, 9.17) is 0 Å². The van der Waals surface area contributed by atoms with Gasteiger partial charge in [0.15, 0.2) is 0 Å². The first-order valence-electron chi connectivity index (χ1n) is 4.55. The predicted molar refractivity (Wildman–Crippen MR) is 54.2 cm³/mol. The van der Waals surface area contributed by atoms with Gasteiger partial charge in [-0.15, -0.1) is 11.7 Å². The van der Waals surface area contributed by atoms with E-state index in [0.29, 0.717) is 0 Å². The molecule has 0 unspecified atom stereocenters. The Hall–Kier alpha value is -0.640. The Morgan fingerprint density at radius 2 is 1.64 bits per heavy atom. The smallest absolute Gasteiger partial charge is 0.120 e. The summed E-state index contributed by atoms with van der Waals surface area (Å²) in [6, 6.07) is 5.51. The molecule has 0 bridgehead atoms. The van der Waals surface area contributed by atoms with Gasteiger partial charge in [0.05, 0.1) is 4.90 Å². The van der Waals surface area contributed by atoms with Crippen LogP contribution in [-0.2, 0) is 6.42 Å². The van der Waals surface area contributed by atoms with Crippen LogP contribution in [-0.4, -0.2) is 0 Å². The third kappa shape index (κ3) is 3.25. The standard InChI is InChI=1S/C10H13F3S/c1-2-3-4-9-5-7-10(8-6-9)14(11,12)13/h5-8H,2-4H2,1H3. The molecule has 0 nitrogen and oxygen atoms in total. The summed E-state index contributed by atoms with van der Waals surface area (Å²) < 4.78 is 36.8. The van der Waals surface area contributed by atoms with Crippen molar-refractivity contribution in [1.29, 1.82) is 0 Å². The zero-order chi connectivity index (χ0) is 10.6. The molecule has 0 fully saturated rings. The third-order valence-electron chi connectivity index (χ3n) is 2.01. The van der Waals surface area contributed by atoms with Crippen molar-refractivity contribution in [1.82, 2.24) is 0 Å². The number of unbranched alkanes of at least 4 members (excludes halogenated alkanes) is 1. The minimum absolute atomic E-state index is 0.488. The zero-order valence-electron chi connectivity index (χ0n) is 7.97. The molecular formula is C10H13F3S. The molecule has 0 atom stereocenters. The Morgan fingerprint density at radius 1 is 1.07 bits per heavy atom. The average molecular weight is 222 g/mol. The summed E-state index contributed by atoms with van der Waals surface area (Å²) in [5.41, 5.74) is 0.985. The van der Waals surface area contributed by atoms with Crippen LogP contribution in [0.15, 0.2) is 29.2 Å². The molecule has 0 aromatic heterocycles. The largest absolute Gasteiger partial charge is 0.237 e. The first kappa shape index (κ1) is 11.4. The average Bonchev–Trinajstić information content (AvgIpc) is 2.14. The lowest BCUT2D eigenvalue weighted by molar-refractivity contribution is 0.633. The summed E-state index contributed by atoms with van der Waals surface area (Å²) in [6.45, 7) is 2.06. The van der Waals surface area contributed by atoms with Crippen molar-refractivity contribution in [2.75, 3.05) is 0 Å². The highest BCUT2D eigenvalue weighted by molar-refractivity contribution is 8.20. The SMILES string of the molecule is CCCCc1ccc(S(F)(F)F)cc1. The maximum absolute atomic E-state index is 12.3. The van der Waals surface area contributed by atoms with E-state index in [1.54, 1.807) is 12.1 Å².